The number of nitrogens with zero attached hydrogens (tertiary/aromatic N) is 1. The number of halogens is 1. The number of nitrogens with one attached hydrogen (secondary N) is 1. The molecule has 0 radical (unpaired) electrons. The molecule has 4 nitrogen and oxygen atoms in total. The zero-order valence-corrected chi connectivity index (χ0v) is 11.0. The van der Waals surface area contributed by atoms with Crippen LogP contribution in [0.3, 0.4) is 0 Å². The summed E-state index contributed by atoms with van der Waals surface area (Å²) in [5.74, 6) is -0.160. The van der Waals surface area contributed by atoms with Gasteiger partial charge >= 0.3 is 7.12 Å². The number of hydrogen-bond acceptors (Lipinski definition) is 3. The minimum absolute atomic E-state index is 0.159. The van der Waals surface area contributed by atoms with Gasteiger partial charge in [0.15, 0.2) is 0 Å². The van der Waals surface area contributed by atoms with Crippen LogP contribution in [0.2, 0.25) is 0 Å². The van der Waals surface area contributed by atoms with Gasteiger partial charge in [0.2, 0.25) is 0 Å². The summed E-state index contributed by atoms with van der Waals surface area (Å²) >= 11 is 0. The first kappa shape index (κ1) is 13.5. The summed E-state index contributed by atoms with van der Waals surface area (Å²) in [6.45, 7) is 0. The summed E-state index contributed by atoms with van der Waals surface area (Å²) in [5.41, 5.74) is 2.20. The number of rotatable bonds is 3. The summed E-state index contributed by atoms with van der Waals surface area (Å²) in [7, 11) is -1.82. The number of aromatic amines is 1. The van der Waals surface area contributed by atoms with E-state index in [1.165, 1.54) is 12.1 Å². The summed E-state index contributed by atoms with van der Waals surface area (Å²) in [4.78, 5) is 7.35. The Morgan fingerprint density at radius 3 is 2.43 bits per heavy atom. The molecule has 0 spiro atoms. The number of imidazole rings is 1. The molecule has 0 fully saturated rings. The Hall–Kier alpha value is -2.44. The van der Waals surface area contributed by atoms with Crippen molar-refractivity contribution in [3.63, 3.8) is 0 Å². The van der Waals surface area contributed by atoms with Gasteiger partial charge in [-0.1, -0.05) is 42.5 Å². The molecule has 21 heavy (non-hydrogen) atoms. The molecule has 0 atom stereocenters. The van der Waals surface area contributed by atoms with Crippen LogP contribution in [0, 0.1) is 5.82 Å². The minimum Gasteiger partial charge on any atom is -0.423 e. The highest BCUT2D eigenvalue weighted by Crippen LogP contribution is 2.22. The Labute approximate surface area is 121 Å². The second kappa shape index (κ2) is 5.51. The first-order chi connectivity index (χ1) is 10.1. The lowest BCUT2D eigenvalue weighted by Crippen LogP contribution is -2.32. The smallest absolute Gasteiger partial charge is 0.423 e. The highest BCUT2D eigenvalue weighted by atomic mass is 19.1. The lowest BCUT2D eigenvalue weighted by Gasteiger charge is -2.03. The standard InChI is InChI=1S/C15H12BFN2O2/c17-13-8-11(6-7-12(13)16(20)21)15-18-9-14(19-15)10-4-2-1-3-5-10/h1-9,20-21H,(H,18,19). The molecule has 0 bridgehead atoms. The molecule has 6 heteroatoms. The van der Waals surface area contributed by atoms with Crippen molar-refractivity contribution in [2.75, 3.05) is 0 Å². The zero-order valence-electron chi connectivity index (χ0n) is 11.0. The summed E-state index contributed by atoms with van der Waals surface area (Å²) in [6, 6.07) is 13.8. The van der Waals surface area contributed by atoms with Gasteiger partial charge in [-0.05, 0) is 11.6 Å². The molecule has 0 aliphatic carbocycles. The van der Waals surface area contributed by atoms with Crippen LogP contribution in [-0.4, -0.2) is 27.1 Å². The van der Waals surface area contributed by atoms with Gasteiger partial charge in [-0.2, -0.15) is 0 Å². The number of benzene rings is 2. The molecular formula is C15H12BFN2O2. The maximum atomic E-state index is 13.8. The first-order valence-electron chi connectivity index (χ1n) is 6.41. The van der Waals surface area contributed by atoms with E-state index >= 15 is 0 Å². The van der Waals surface area contributed by atoms with Gasteiger partial charge in [0.25, 0.3) is 0 Å². The van der Waals surface area contributed by atoms with Crippen molar-refractivity contribution in [2.45, 2.75) is 0 Å². The summed E-state index contributed by atoms with van der Waals surface area (Å²) in [6.07, 6.45) is 1.68. The van der Waals surface area contributed by atoms with Crippen LogP contribution >= 0.6 is 0 Å². The molecule has 0 unspecified atom stereocenters. The van der Waals surface area contributed by atoms with Gasteiger partial charge in [0, 0.05) is 11.0 Å². The van der Waals surface area contributed by atoms with E-state index in [0.717, 1.165) is 11.3 Å². The first-order valence-corrected chi connectivity index (χ1v) is 6.41. The fraction of sp³-hybridized carbons (Fsp3) is 0. The number of hydrogen-bond donors (Lipinski definition) is 3. The molecule has 0 amide bonds. The molecule has 3 N–H and O–H groups in total. The number of H-pyrrole nitrogens is 1. The van der Waals surface area contributed by atoms with Gasteiger partial charge in [0.1, 0.15) is 11.6 Å². The molecule has 0 saturated carbocycles. The molecule has 3 aromatic rings. The Morgan fingerprint density at radius 1 is 1.00 bits per heavy atom. The molecule has 104 valence electrons. The van der Waals surface area contributed by atoms with Crippen LogP contribution in [0.5, 0.6) is 0 Å². The summed E-state index contributed by atoms with van der Waals surface area (Å²) < 4.78 is 13.8. The third-order valence-corrected chi connectivity index (χ3v) is 3.21. The van der Waals surface area contributed by atoms with Crippen LogP contribution in [0.1, 0.15) is 0 Å². The van der Waals surface area contributed by atoms with E-state index in [2.05, 4.69) is 9.97 Å². The second-order valence-electron chi connectivity index (χ2n) is 4.62. The highest BCUT2D eigenvalue weighted by molar-refractivity contribution is 6.58. The van der Waals surface area contributed by atoms with E-state index in [4.69, 9.17) is 10.0 Å². The van der Waals surface area contributed by atoms with E-state index in [-0.39, 0.29) is 5.46 Å². The molecule has 0 aliphatic rings. The molecule has 1 aromatic heterocycles. The van der Waals surface area contributed by atoms with Crippen molar-refractivity contribution >= 4 is 12.6 Å². The van der Waals surface area contributed by atoms with Crippen LogP contribution in [0.4, 0.5) is 4.39 Å². The van der Waals surface area contributed by atoms with Gasteiger partial charge in [0.05, 0.1) is 11.9 Å². The van der Waals surface area contributed by atoms with E-state index in [1.807, 2.05) is 30.3 Å². The average Bonchev–Trinajstić information content (AvgIpc) is 2.97. The third kappa shape index (κ3) is 2.72. The lowest BCUT2D eigenvalue weighted by atomic mass is 9.79. The SMILES string of the molecule is OB(O)c1ccc(-c2ncc(-c3ccccc3)[nH]2)cc1F. The Balaban J connectivity index is 1.95. The van der Waals surface area contributed by atoms with Crippen molar-refractivity contribution < 1.29 is 14.4 Å². The van der Waals surface area contributed by atoms with Gasteiger partial charge in [-0.25, -0.2) is 9.37 Å². The molecular weight excluding hydrogens is 270 g/mol. The topological polar surface area (TPSA) is 69.1 Å². The molecule has 0 saturated heterocycles. The van der Waals surface area contributed by atoms with Crippen molar-refractivity contribution in [1.82, 2.24) is 9.97 Å². The van der Waals surface area contributed by atoms with Crippen LogP contribution < -0.4 is 5.46 Å². The fourth-order valence-corrected chi connectivity index (χ4v) is 2.12. The van der Waals surface area contributed by atoms with E-state index in [0.29, 0.717) is 11.4 Å². The van der Waals surface area contributed by atoms with Gasteiger partial charge in [-0.15, -0.1) is 0 Å². The van der Waals surface area contributed by atoms with Gasteiger partial charge < -0.3 is 15.0 Å². The Morgan fingerprint density at radius 2 is 1.76 bits per heavy atom. The molecule has 0 aliphatic heterocycles. The van der Waals surface area contributed by atoms with Gasteiger partial charge in [-0.3, -0.25) is 0 Å². The van der Waals surface area contributed by atoms with E-state index < -0.39 is 12.9 Å². The van der Waals surface area contributed by atoms with E-state index in [1.54, 1.807) is 12.3 Å². The molecule has 3 rings (SSSR count). The highest BCUT2D eigenvalue weighted by Gasteiger charge is 2.17. The summed E-state index contributed by atoms with van der Waals surface area (Å²) in [5, 5.41) is 18.0. The third-order valence-electron chi connectivity index (χ3n) is 3.21. The molecule has 2 aromatic carbocycles. The van der Waals surface area contributed by atoms with Crippen LogP contribution in [0.15, 0.2) is 54.7 Å². The largest absolute Gasteiger partial charge is 0.491 e. The maximum absolute atomic E-state index is 13.8. The fourth-order valence-electron chi connectivity index (χ4n) is 2.12. The van der Waals surface area contributed by atoms with Crippen LogP contribution in [0.25, 0.3) is 22.6 Å². The Bertz CT molecular complexity index is 759. The van der Waals surface area contributed by atoms with E-state index in [9.17, 15) is 4.39 Å². The normalized spacial score (nSPS) is 10.6. The van der Waals surface area contributed by atoms with Crippen molar-refractivity contribution in [3.05, 3.63) is 60.5 Å². The predicted octanol–water partition coefficient (Wildman–Crippen LogP) is 1.56. The predicted molar refractivity (Wildman–Crippen MR) is 79.2 cm³/mol. The minimum atomic E-state index is -1.82. The zero-order chi connectivity index (χ0) is 14.8. The second-order valence-corrected chi connectivity index (χ2v) is 4.62. The van der Waals surface area contributed by atoms with Crippen molar-refractivity contribution in [2.24, 2.45) is 0 Å². The monoisotopic (exact) mass is 282 g/mol. The van der Waals surface area contributed by atoms with Crippen LogP contribution in [-0.2, 0) is 0 Å². The lowest BCUT2D eigenvalue weighted by molar-refractivity contribution is 0.423. The number of aromatic nitrogens is 2. The Kier molecular flexibility index (Phi) is 3.56. The van der Waals surface area contributed by atoms with Crippen molar-refractivity contribution in [1.29, 1.82) is 0 Å². The van der Waals surface area contributed by atoms with Crippen molar-refractivity contribution in [3.8, 4) is 22.6 Å². The molecule has 1 heterocycles. The maximum Gasteiger partial charge on any atom is 0.491 e. The average molecular weight is 282 g/mol. The quantitative estimate of drug-likeness (QED) is 0.638.